The van der Waals surface area contributed by atoms with Crippen molar-refractivity contribution in [3.63, 3.8) is 0 Å². The molecule has 0 bridgehead atoms. The lowest BCUT2D eigenvalue weighted by Crippen LogP contribution is -2.44. The van der Waals surface area contributed by atoms with Crippen LogP contribution in [0.3, 0.4) is 0 Å². The van der Waals surface area contributed by atoms with Gasteiger partial charge in [0.25, 0.3) is 5.91 Å². The van der Waals surface area contributed by atoms with Gasteiger partial charge in [0.1, 0.15) is 0 Å². The highest BCUT2D eigenvalue weighted by Crippen LogP contribution is 2.42. The molecule has 2 aromatic rings. The molecule has 0 aliphatic carbocycles. The lowest BCUT2D eigenvalue weighted by Gasteiger charge is -2.38. The Bertz CT molecular complexity index is 946. The lowest BCUT2D eigenvalue weighted by atomic mass is 9.93. The number of aromatic carboxylic acids is 1. The van der Waals surface area contributed by atoms with Crippen molar-refractivity contribution in [1.29, 1.82) is 0 Å². The molecule has 0 saturated carbocycles. The first kappa shape index (κ1) is 20.5. The number of likely N-dealkylation sites (tertiary alicyclic amines) is 1. The van der Waals surface area contributed by atoms with E-state index in [9.17, 15) is 14.4 Å². The number of nitrogens with zero attached hydrogens (tertiary/aromatic N) is 4. The van der Waals surface area contributed by atoms with Crippen molar-refractivity contribution in [1.82, 2.24) is 25.0 Å². The highest BCUT2D eigenvalue weighted by molar-refractivity contribution is 5.97. The number of carboxylic acid groups (broad SMARTS) is 1. The van der Waals surface area contributed by atoms with E-state index in [1.165, 1.54) is 18.5 Å². The van der Waals surface area contributed by atoms with Crippen LogP contribution in [0.2, 0.25) is 0 Å². The summed E-state index contributed by atoms with van der Waals surface area (Å²) in [7, 11) is 1.82. The van der Waals surface area contributed by atoms with Gasteiger partial charge in [0, 0.05) is 55.6 Å². The number of hydrogen-bond acceptors (Lipinski definition) is 5. The maximum absolute atomic E-state index is 12.8. The number of pyridine rings is 1. The summed E-state index contributed by atoms with van der Waals surface area (Å²) in [6.07, 6.45) is 6.45. The number of rotatable bonds is 5. The summed E-state index contributed by atoms with van der Waals surface area (Å²) in [6, 6.07) is 1.07. The van der Waals surface area contributed by atoms with E-state index in [1.807, 2.05) is 38.9 Å². The van der Waals surface area contributed by atoms with Gasteiger partial charge in [-0.2, -0.15) is 5.10 Å². The zero-order valence-electron chi connectivity index (χ0n) is 16.9. The standard InChI is InChI=1S/C20H25N5O4/c1-20(2,3)25-16(26)6-12(17(25)15-10-23-24(4)11-15)9-22-18(27)13-5-14(19(28)29)8-21-7-13/h5,7-8,10-12,17H,6,9H2,1-4H3,(H,22,27)(H,28,29)/t12-,17+/m1/s1. The Morgan fingerprint density at radius 3 is 2.52 bits per heavy atom. The minimum absolute atomic E-state index is 0.0279. The Balaban J connectivity index is 1.80. The average molecular weight is 399 g/mol. The molecule has 29 heavy (non-hydrogen) atoms. The molecule has 1 fully saturated rings. The monoisotopic (exact) mass is 399 g/mol. The summed E-state index contributed by atoms with van der Waals surface area (Å²) < 4.78 is 1.69. The van der Waals surface area contributed by atoms with Gasteiger partial charge in [0.15, 0.2) is 0 Å². The molecule has 1 aliphatic heterocycles. The van der Waals surface area contributed by atoms with Crippen LogP contribution in [-0.4, -0.2) is 54.6 Å². The van der Waals surface area contributed by atoms with Gasteiger partial charge in [-0.15, -0.1) is 0 Å². The molecule has 2 atom stereocenters. The summed E-state index contributed by atoms with van der Waals surface area (Å²) in [6.45, 7) is 6.23. The minimum atomic E-state index is -1.15. The van der Waals surface area contributed by atoms with E-state index in [-0.39, 0.29) is 41.1 Å². The van der Waals surface area contributed by atoms with Crippen LogP contribution in [0.5, 0.6) is 0 Å². The van der Waals surface area contributed by atoms with Crippen LogP contribution in [0.25, 0.3) is 0 Å². The fraction of sp³-hybridized carbons (Fsp3) is 0.450. The molecule has 3 rings (SSSR count). The van der Waals surface area contributed by atoms with Crippen molar-refractivity contribution >= 4 is 17.8 Å². The summed E-state index contributed by atoms with van der Waals surface area (Å²) in [5.74, 6) is -1.68. The predicted molar refractivity (Wildman–Crippen MR) is 104 cm³/mol. The van der Waals surface area contributed by atoms with E-state index in [0.29, 0.717) is 6.42 Å². The zero-order valence-corrected chi connectivity index (χ0v) is 16.9. The molecular weight excluding hydrogens is 374 g/mol. The number of carboxylic acids is 1. The largest absolute Gasteiger partial charge is 0.478 e. The van der Waals surface area contributed by atoms with Gasteiger partial charge in [-0.3, -0.25) is 19.3 Å². The van der Waals surface area contributed by atoms with E-state index in [1.54, 1.807) is 10.9 Å². The smallest absolute Gasteiger partial charge is 0.337 e. The van der Waals surface area contributed by atoms with E-state index in [4.69, 9.17) is 5.11 Å². The Kier molecular flexibility index (Phi) is 5.41. The second kappa shape index (κ2) is 7.65. The van der Waals surface area contributed by atoms with Crippen molar-refractivity contribution in [3.8, 4) is 0 Å². The number of hydrogen-bond donors (Lipinski definition) is 2. The van der Waals surface area contributed by atoms with Crippen molar-refractivity contribution in [2.24, 2.45) is 13.0 Å². The molecule has 0 aromatic carbocycles. The molecule has 1 saturated heterocycles. The van der Waals surface area contributed by atoms with E-state index >= 15 is 0 Å². The van der Waals surface area contributed by atoms with Gasteiger partial charge in [-0.25, -0.2) is 4.79 Å². The van der Waals surface area contributed by atoms with Gasteiger partial charge in [0.05, 0.1) is 23.4 Å². The zero-order chi connectivity index (χ0) is 21.3. The predicted octanol–water partition coefficient (Wildman–Crippen LogP) is 1.63. The molecule has 2 N–H and O–H groups in total. The van der Waals surface area contributed by atoms with Crippen LogP contribution in [-0.2, 0) is 11.8 Å². The van der Waals surface area contributed by atoms with E-state index < -0.39 is 11.9 Å². The summed E-state index contributed by atoms with van der Waals surface area (Å²) in [5.41, 5.74) is 0.651. The molecule has 0 unspecified atom stereocenters. The Labute approximate surface area is 168 Å². The lowest BCUT2D eigenvalue weighted by molar-refractivity contribution is -0.133. The summed E-state index contributed by atoms with van der Waals surface area (Å²) >= 11 is 0. The van der Waals surface area contributed by atoms with Gasteiger partial charge in [-0.1, -0.05) is 0 Å². The van der Waals surface area contributed by atoms with Gasteiger partial charge in [0.2, 0.25) is 5.91 Å². The maximum atomic E-state index is 12.8. The maximum Gasteiger partial charge on any atom is 0.337 e. The minimum Gasteiger partial charge on any atom is -0.478 e. The summed E-state index contributed by atoms with van der Waals surface area (Å²) in [4.78, 5) is 42.0. The normalized spacial score (nSPS) is 19.4. The third kappa shape index (κ3) is 4.28. The SMILES string of the molecule is Cn1cc([C@@H]2[C@@H](CNC(=O)c3cncc(C(=O)O)c3)CC(=O)N2C(C)(C)C)cn1. The van der Waals surface area contributed by atoms with E-state index in [2.05, 4.69) is 15.4 Å². The van der Waals surface area contributed by atoms with Gasteiger partial charge < -0.3 is 15.3 Å². The average Bonchev–Trinajstić information content (AvgIpc) is 3.22. The number of nitrogens with one attached hydrogen (secondary N) is 1. The number of aromatic nitrogens is 3. The van der Waals surface area contributed by atoms with Gasteiger partial charge in [-0.05, 0) is 26.8 Å². The fourth-order valence-corrected chi connectivity index (χ4v) is 3.80. The second-order valence-corrected chi connectivity index (χ2v) is 8.27. The number of amides is 2. The number of aryl methyl sites for hydroxylation is 1. The Morgan fingerprint density at radius 2 is 1.93 bits per heavy atom. The van der Waals surface area contributed by atoms with Crippen molar-refractivity contribution in [2.45, 2.75) is 38.8 Å². The molecule has 2 aromatic heterocycles. The summed E-state index contributed by atoms with van der Waals surface area (Å²) in [5, 5.41) is 16.1. The molecule has 154 valence electrons. The Morgan fingerprint density at radius 1 is 1.24 bits per heavy atom. The number of carbonyl (C=O) groups is 3. The van der Waals surface area contributed by atoms with Crippen LogP contribution in [0.4, 0.5) is 0 Å². The topological polar surface area (TPSA) is 117 Å². The first-order chi connectivity index (χ1) is 13.6. The highest BCUT2D eigenvalue weighted by atomic mass is 16.4. The quantitative estimate of drug-likeness (QED) is 0.789. The highest BCUT2D eigenvalue weighted by Gasteiger charge is 2.45. The van der Waals surface area contributed by atoms with Crippen molar-refractivity contribution < 1.29 is 19.5 Å². The van der Waals surface area contributed by atoms with Crippen LogP contribution in [0.15, 0.2) is 30.9 Å². The molecule has 2 amide bonds. The Hall–Kier alpha value is -3.23. The molecule has 3 heterocycles. The molecule has 9 nitrogen and oxygen atoms in total. The molecule has 1 aliphatic rings. The van der Waals surface area contributed by atoms with Gasteiger partial charge >= 0.3 is 5.97 Å². The second-order valence-electron chi connectivity index (χ2n) is 8.27. The van der Waals surface area contributed by atoms with Crippen LogP contribution in [0, 0.1) is 5.92 Å². The third-order valence-electron chi connectivity index (χ3n) is 4.99. The van der Waals surface area contributed by atoms with Crippen LogP contribution >= 0.6 is 0 Å². The fourth-order valence-electron chi connectivity index (χ4n) is 3.80. The van der Waals surface area contributed by atoms with Crippen LogP contribution < -0.4 is 5.32 Å². The molecule has 0 radical (unpaired) electrons. The third-order valence-corrected chi connectivity index (χ3v) is 4.99. The van der Waals surface area contributed by atoms with Crippen molar-refractivity contribution in [3.05, 3.63) is 47.5 Å². The van der Waals surface area contributed by atoms with Crippen LogP contribution in [0.1, 0.15) is 59.5 Å². The van der Waals surface area contributed by atoms with Crippen molar-refractivity contribution in [2.75, 3.05) is 6.54 Å². The molecular formula is C20H25N5O4. The first-order valence-corrected chi connectivity index (χ1v) is 9.35. The number of carbonyl (C=O) groups excluding carboxylic acids is 2. The van der Waals surface area contributed by atoms with E-state index in [0.717, 1.165) is 5.56 Å². The first-order valence-electron chi connectivity index (χ1n) is 9.35. The molecule has 0 spiro atoms. The molecule has 9 heteroatoms.